The van der Waals surface area contributed by atoms with Crippen LogP contribution in [0.1, 0.15) is 17.0 Å². The second-order valence-electron chi connectivity index (χ2n) is 7.13. The third-order valence-electron chi connectivity index (χ3n) is 4.92. The van der Waals surface area contributed by atoms with Gasteiger partial charge in [-0.05, 0) is 53.7 Å². The fourth-order valence-corrected chi connectivity index (χ4v) is 4.23. The molecular weight excluding hydrogens is 469 g/mol. The third kappa shape index (κ3) is 5.04. The SMILES string of the molecule is COc1ccc(-n2c(Cc3ccccc3)nnc2Sc2ccc(C(F)(F)F)cc2[N+](=O)[O-])cc1. The van der Waals surface area contributed by atoms with Crippen molar-refractivity contribution in [3.8, 4) is 11.4 Å². The minimum atomic E-state index is -4.69. The highest BCUT2D eigenvalue weighted by molar-refractivity contribution is 7.99. The number of benzene rings is 3. The number of aromatic nitrogens is 3. The van der Waals surface area contributed by atoms with Gasteiger partial charge in [-0.15, -0.1) is 10.2 Å². The van der Waals surface area contributed by atoms with Gasteiger partial charge in [0.05, 0.1) is 22.5 Å². The van der Waals surface area contributed by atoms with Crippen LogP contribution in [0.15, 0.2) is 82.8 Å². The zero-order chi connectivity index (χ0) is 24.3. The molecule has 11 heteroatoms. The molecule has 1 aromatic heterocycles. The summed E-state index contributed by atoms with van der Waals surface area (Å²) >= 11 is 0.874. The van der Waals surface area contributed by atoms with E-state index in [0.717, 1.165) is 29.5 Å². The molecule has 4 aromatic rings. The Morgan fingerprint density at radius 1 is 1.03 bits per heavy atom. The number of hydrogen-bond acceptors (Lipinski definition) is 6. The zero-order valence-electron chi connectivity index (χ0n) is 17.7. The van der Waals surface area contributed by atoms with Crippen LogP contribution in [0.5, 0.6) is 5.75 Å². The number of hydrogen-bond donors (Lipinski definition) is 0. The second-order valence-corrected chi connectivity index (χ2v) is 8.14. The molecule has 0 N–H and O–H groups in total. The van der Waals surface area contributed by atoms with Gasteiger partial charge in [-0.2, -0.15) is 13.2 Å². The van der Waals surface area contributed by atoms with E-state index in [-0.39, 0.29) is 10.1 Å². The summed E-state index contributed by atoms with van der Waals surface area (Å²) in [5.41, 5.74) is -0.103. The van der Waals surface area contributed by atoms with E-state index in [9.17, 15) is 23.3 Å². The minimum absolute atomic E-state index is 0.0198. The number of alkyl halides is 3. The number of rotatable bonds is 7. The van der Waals surface area contributed by atoms with Gasteiger partial charge in [0.1, 0.15) is 11.6 Å². The highest BCUT2D eigenvalue weighted by Gasteiger charge is 2.33. The van der Waals surface area contributed by atoms with Gasteiger partial charge in [0.2, 0.25) is 5.16 Å². The van der Waals surface area contributed by atoms with Crippen molar-refractivity contribution < 1.29 is 22.8 Å². The summed E-state index contributed by atoms with van der Waals surface area (Å²) in [6.07, 6.45) is -4.27. The Balaban J connectivity index is 1.78. The highest BCUT2D eigenvalue weighted by atomic mass is 32.2. The van der Waals surface area contributed by atoms with Gasteiger partial charge >= 0.3 is 6.18 Å². The molecule has 0 aliphatic rings. The standard InChI is InChI=1S/C23H17F3N4O3S/c1-33-18-10-8-17(9-11-18)29-21(13-15-5-3-2-4-6-15)27-28-22(29)34-20-12-7-16(23(24,25)26)14-19(20)30(31)32/h2-12,14H,13H2,1H3. The van der Waals surface area contributed by atoms with Crippen molar-refractivity contribution in [3.05, 3.63) is 99.9 Å². The van der Waals surface area contributed by atoms with E-state index in [1.54, 1.807) is 35.9 Å². The summed E-state index contributed by atoms with van der Waals surface area (Å²) in [5.74, 6) is 1.20. The molecule has 7 nitrogen and oxygen atoms in total. The summed E-state index contributed by atoms with van der Waals surface area (Å²) in [7, 11) is 1.54. The Bertz CT molecular complexity index is 1310. The Morgan fingerprint density at radius 3 is 2.35 bits per heavy atom. The molecular formula is C23H17F3N4O3S. The monoisotopic (exact) mass is 486 g/mol. The predicted molar refractivity (Wildman–Crippen MR) is 119 cm³/mol. The highest BCUT2D eigenvalue weighted by Crippen LogP contribution is 2.39. The lowest BCUT2D eigenvalue weighted by atomic mass is 10.1. The van der Waals surface area contributed by atoms with Gasteiger partial charge in [-0.25, -0.2) is 0 Å². The first-order valence-electron chi connectivity index (χ1n) is 9.92. The Morgan fingerprint density at radius 2 is 1.74 bits per heavy atom. The number of methoxy groups -OCH3 is 1. The van der Waals surface area contributed by atoms with Crippen LogP contribution in [0.2, 0.25) is 0 Å². The molecule has 34 heavy (non-hydrogen) atoms. The number of nitrogens with zero attached hydrogens (tertiary/aromatic N) is 4. The molecule has 0 spiro atoms. The summed E-state index contributed by atoms with van der Waals surface area (Å²) in [5, 5.41) is 20.3. The molecule has 0 aliphatic carbocycles. The predicted octanol–water partition coefficient (Wildman–Crippen LogP) is 5.94. The fourth-order valence-electron chi connectivity index (χ4n) is 3.27. The van der Waals surface area contributed by atoms with Crippen LogP contribution in [-0.4, -0.2) is 26.8 Å². The molecule has 4 rings (SSSR count). The average Bonchev–Trinajstić information content (AvgIpc) is 3.21. The molecule has 0 saturated heterocycles. The van der Waals surface area contributed by atoms with Crippen LogP contribution < -0.4 is 4.74 Å². The number of halogens is 3. The molecule has 174 valence electrons. The van der Waals surface area contributed by atoms with E-state index in [0.29, 0.717) is 29.7 Å². The summed E-state index contributed by atoms with van der Waals surface area (Å²) in [6.45, 7) is 0. The lowest BCUT2D eigenvalue weighted by Crippen LogP contribution is -2.06. The van der Waals surface area contributed by atoms with Gasteiger partial charge in [0.15, 0.2) is 0 Å². The molecule has 3 aromatic carbocycles. The largest absolute Gasteiger partial charge is 0.497 e. The van der Waals surface area contributed by atoms with E-state index in [1.807, 2.05) is 30.3 Å². The first-order valence-corrected chi connectivity index (χ1v) is 10.7. The minimum Gasteiger partial charge on any atom is -0.497 e. The van der Waals surface area contributed by atoms with Gasteiger partial charge in [0, 0.05) is 18.2 Å². The van der Waals surface area contributed by atoms with Crippen LogP contribution in [0.4, 0.5) is 18.9 Å². The van der Waals surface area contributed by atoms with Crippen LogP contribution >= 0.6 is 11.8 Å². The summed E-state index contributed by atoms with van der Waals surface area (Å²) < 4.78 is 46.2. The molecule has 0 amide bonds. The smallest absolute Gasteiger partial charge is 0.416 e. The quantitative estimate of drug-likeness (QED) is 0.237. The van der Waals surface area contributed by atoms with Crippen LogP contribution in [0.25, 0.3) is 5.69 Å². The van der Waals surface area contributed by atoms with Gasteiger partial charge < -0.3 is 4.74 Å². The van der Waals surface area contributed by atoms with Crippen LogP contribution in [0.3, 0.4) is 0 Å². The van der Waals surface area contributed by atoms with Gasteiger partial charge in [-0.1, -0.05) is 30.3 Å². The maximum atomic E-state index is 13.1. The average molecular weight is 486 g/mol. The Hall–Kier alpha value is -3.86. The topological polar surface area (TPSA) is 83.1 Å². The molecule has 0 bridgehead atoms. The molecule has 0 radical (unpaired) electrons. The van der Waals surface area contributed by atoms with Crippen LogP contribution in [0, 0.1) is 10.1 Å². The molecule has 0 unspecified atom stereocenters. The van der Waals surface area contributed by atoms with E-state index in [4.69, 9.17) is 4.74 Å². The Kier molecular flexibility index (Phi) is 6.55. The maximum Gasteiger partial charge on any atom is 0.416 e. The van der Waals surface area contributed by atoms with Crippen molar-refractivity contribution in [2.75, 3.05) is 7.11 Å². The summed E-state index contributed by atoms with van der Waals surface area (Å²) in [6, 6.07) is 19.0. The van der Waals surface area contributed by atoms with Gasteiger partial charge in [-0.3, -0.25) is 14.7 Å². The molecule has 0 aliphatic heterocycles. The first kappa shape index (κ1) is 23.3. The van der Waals surface area contributed by atoms with Crippen LogP contribution in [-0.2, 0) is 12.6 Å². The lowest BCUT2D eigenvalue weighted by Gasteiger charge is -2.12. The van der Waals surface area contributed by atoms with E-state index < -0.39 is 22.4 Å². The fraction of sp³-hybridized carbons (Fsp3) is 0.130. The van der Waals surface area contributed by atoms with Crippen molar-refractivity contribution in [1.82, 2.24) is 14.8 Å². The number of nitro benzene ring substituents is 1. The van der Waals surface area contributed by atoms with Crippen molar-refractivity contribution in [2.24, 2.45) is 0 Å². The van der Waals surface area contributed by atoms with E-state index in [1.165, 1.54) is 0 Å². The second kappa shape index (κ2) is 9.56. The lowest BCUT2D eigenvalue weighted by molar-refractivity contribution is -0.388. The number of ether oxygens (including phenoxy) is 1. The van der Waals surface area contributed by atoms with Gasteiger partial charge in [0.25, 0.3) is 5.69 Å². The molecule has 0 atom stereocenters. The molecule has 0 saturated carbocycles. The molecule has 0 fully saturated rings. The Labute approximate surface area is 196 Å². The molecule has 1 heterocycles. The van der Waals surface area contributed by atoms with Crippen molar-refractivity contribution in [2.45, 2.75) is 22.6 Å². The normalized spacial score (nSPS) is 11.4. The third-order valence-corrected chi connectivity index (χ3v) is 5.93. The number of nitro groups is 1. The summed E-state index contributed by atoms with van der Waals surface area (Å²) in [4.78, 5) is 10.7. The van der Waals surface area contributed by atoms with Crippen molar-refractivity contribution >= 4 is 17.4 Å². The maximum absolute atomic E-state index is 13.1. The first-order chi connectivity index (χ1) is 16.3. The zero-order valence-corrected chi connectivity index (χ0v) is 18.5. The van der Waals surface area contributed by atoms with E-state index >= 15 is 0 Å². The van der Waals surface area contributed by atoms with E-state index in [2.05, 4.69) is 10.2 Å². The van der Waals surface area contributed by atoms with Crippen molar-refractivity contribution in [3.63, 3.8) is 0 Å². The van der Waals surface area contributed by atoms with Crippen molar-refractivity contribution in [1.29, 1.82) is 0 Å².